The number of hydrogen-bond donors (Lipinski definition) is 1. The molecule has 0 fully saturated rings. The molecule has 4 aromatic rings. The Morgan fingerprint density at radius 3 is 2.76 bits per heavy atom. The van der Waals surface area contributed by atoms with Crippen molar-refractivity contribution >= 4 is 52.2 Å². The highest BCUT2D eigenvalue weighted by molar-refractivity contribution is 7.99. The molecule has 0 atom stereocenters. The molecule has 0 saturated carbocycles. The van der Waals surface area contributed by atoms with Gasteiger partial charge in [-0.3, -0.25) is 14.9 Å². The van der Waals surface area contributed by atoms with Crippen molar-refractivity contribution in [2.75, 3.05) is 5.75 Å². The number of nitrogens with zero attached hydrogens (tertiary/aromatic N) is 4. The van der Waals surface area contributed by atoms with Crippen LogP contribution in [0.25, 0.3) is 11.0 Å². The molecule has 0 aliphatic carbocycles. The number of thioether (sulfide) groups is 1. The second-order valence-electron chi connectivity index (χ2n) is 6.99. The largest absolute Gasteiger partial charge is 0.314 e. The number of benzene rings is 3. The first-order chi connectivity index (χ1) is 16.0. The molecule has 33 heavy (non-hydrogen) atoms. The van der Waals surface area contributed by atoms with E-state index in [-0.39, 0.29) is 17.3 Å². The Hall–Kier alpha value is -3.69. The normalized spacial score (nSPS) is 11.2. The van der Waals surface area contributed by atoms with Crippen LogP contribution in [-0.4, -0.2) is 32.3 Å². The summed E-state index contributed by atoms with van der Waals surface area (Å²) in [5.74, 6) is -0.226. The zero-order valence-corrected chi connectivity index (χ0v) is 18.8. The molecule has 10 heteroatoms. The number of nitro benzene ring substituents is 1. The van der Waals surface area contributed by atoms with Crippen LogP contribution in [0.4, 0.5) is 5.69 Å². The molecular formula is C23H18ClN5O3S. The van der Waals surface area contributed by atoms with E-state index in [2.05, 4.69) is 15.5 Å². The third-order valence-corrected chi connectivity index (χ3v) is 6.07. The van der Waals surface area contributed by atoms with Gasteiger partial charge in [0.15, 0.2) is 5.16 Å². The van der Waals surface area contributed by atoms with Crippen molar-refractivity contribution in [3.63, 3.8) is 0 Å². The van der Waals surface area contributed by atoms with E-state index in [1.807, 2.05) is 53.1 Å². The zero-order valence-electron chi connectivity index (χ0n) is 17.2. The van der Waals surface area contributed by atoms with E-state index >= 15 is 0 Å². The first-order valence-corrected chi connectivity index (χ1v) is 11.3. The maximum absolute atomic E-state index is 12.3. The van der Waals surface area contributed by atoms with Crippen LogP contribution in [0.2, 0.25) is 5.02 Å². The molecule has 4 rings (SSSR count). The van der Waals surface area contributed by atoms with E-state index < -0.39 is 4.92 Å². The monoisotopic (exact) mass is 479 g/mol. The number of amides is 1. The van der Waals surface area contributed by atoms with Crippen molar-refractivity contribution in [3.8, 4) is 0 Å². The Kier molecular flexibility index (Phi) is 7.01. The minimum absolute atomic E-state index is 0.0433. The van der Waals surface area contributed by atoms with Crippen LogP contribution >= 0.6 is 23.4 Å². The molecule has 0 radical (unpaired) electrons. The first-order valence-electron chi connectivity index (χ1n) is 9.89. The number of aromatic nitrogens is 2. The molecule has 1 amide bonds. The summed E-state index contributed by atoms with van der Waals surface area (Å²) in [6.45, 7) is 0.523. The van der Waals surface area contributed by atoms with Crippen LogP contribution in [0.1, 0.15) is 11.1 Å². The standard InChI is InChI=1S/C23H18ClN5O3S/c24-19-9-2-1-7-17(19)14-28-21-11-4-3-10-20(21)26-23(28)33-15-22(30)27-25-13-16-6-5-8-18(12-16)29(31)32/h1-13H,14-15H2,(H,27,30)/b25-13-. The van der Waals surface area contributed by atoms with Crippen LogP contribution in [0.5, 0.6) is 0 Å². The number of carbonyl (C=O) groups is 1. The lowest BCUT2D eigenvalue weighted by Gasteiger charge is -2.10. The predicted octanol–water partition coefficient (Wildman–Crippen LogP) is 4.89. The predicted molar refractivity (Wildman–Crippen MR) is 130 cm³/mol. The number of nitrogens with one attached hydrogen (secondary N) is 1. The summed E-state index contributed by atoms with van der Waals surface area (Å²) in [4.78, 5) is 27.3. The van der Waals surface area contributed by atoms with Gasteiger partial charge in [-0.1, -0.05) is 65.8 Å². The van der Waals surface area contributed by atoms with Crippen LogP contribution in [0.15, 0.2) is 83.1 Å². The fourth-order valence-electron chi connectivity index (χ4n) is 3.17. The maximum atomic E-state index is 12.3. The summed E-state index contributed by atoms with van der Waals surface area (Å²) >= 11 is 7.64. The summed E-state index contributed by atoms with van der Waals surface area (Å²) < 4.78 is 2.03. The Bertz CT molecular complexity index is 1350. The van der Waals surface area contributed by atoms with Crippen molar-refractivity contribution in [1.82, 2.24) is 15.0 Å². The molecule has 0 aliphatic rings. The number of imidazole rings is 1. The number of nitro groups is 1. The van der Waals surface area contributed by atoms with Gasteiger partial charge in [0.2, 0.25) is 0 Å². The van der Waals surface area contributed by atoms with Crippen molar-refractivity contribution in [1.29, 1.82) is 0 Å². The number of rotatable bonds is 8. The van der Waals surface area contributed by atoms with E-state index in [0.29, 0.717) is 22.3 Å². The number of halogens is 1. The van der Waals surface area contributed by atoms with Crippen LogP contribution in [0.3, 0.4) is 0 Å². The maximum Gasteiger partial charge on any atom is 0.270 e. The number of hydrogen-bond acceptors (Lipinski definition) is 6. The van der Waals surface area contributed by atoms with E-state index in [4.69, 9.17) is 11.6 Å². The third kappa shape index (κ3) is 5.57. The Balaban J connectivity index is 1.44. The second-order valence-corrected chi connectivity index (χ2v) is 8.34. The Morgan fingerprint density at radius 1 is 1.15 bits per heavy atom. The average Bonchev–Trinajstić information content (AvgIpc) is 3.17. The molecular weight excluding hydrogens is 462 g/mol. The first kappa shape index (κ1) is 22.5. The summed E-state index contributed by atoms with van der Waals surface area (Å²) in [6, 6.07) is 21.4. The highest BCUT2D eigenvalue weighted by Gasteiger charge is 2.14. The number of para-hydroxylation sites is 2. The van der Waals surface area contributed by atoms with Gasteiger partial charge >= 0.3 is 0 Å². The fourth-order valence-corrected chi connectivity index (χ4v) is 4.18. The topological polar surface area (TPSA) is 102 Å². The molecule has 3 aromatic carbocycles. The molecule has 8 nitrogen and oxygen atoms in total. The summed E-state index contributed by atoms with van der Waals surface area (Å²) in [5.41, 5.74) is 5.64. The number of fused-ring (bicyclic) bond motifs is 1. The number of carbonyl (C=O) groups excluding carboxylic acids is 1. The van der Waals surface area contributed by atoms with Crippen molar-refractivity contribution < 1.29 is 9.72 Å². The smallest absolute Gasteiger partial charge is 0.270 e. The van der Waals surface area contributed by atoms with Gasteiger partial charge in [-0.05, 0) is 23.8 Å². The minimum Gasteiger partial charge on any atom is -0.314 e. The minimum atomic E-state index is -0.485. The molecule has 1 N–H and O–H groups in total. The van der Waals surface area contributed by atoms with E-state index in [9.17, 15) is 14.9 Å². The van der Waals surface area contributed by atoms with Gasteiger partial charge in [0.1, 0.15) is 0 Å². The number of non-ortho nitro benzene ring substituents is 1. The van der Waals surface area contributed by atoms with Gasteiger partial charge in [0.05, 0.1) is 34.5 Å². The molecule has 0 bridgehead atoms. The van der Waals surface area contributed by atoms with Crippen LogP contribution in [0, 0.1) is 10.1 Å². The van der Waals surface area contributed by atoms with E-state index in [1.165, 1.54) is 30.1 Å². The SMILES string of the molecule is O=C(CSc1nc2ccccc2n1Cc1ccccc1Cl)N/N=C\c1cccc([N+](=O)[O-])c1. The summed E-state index contributed by atoms with van der Waals surface area (Å²) in [5, 5.41) is 16.1. The quantitative estimate of drug-likeness (QED) is 0.168. The highest BCUT2D eigenvalue weighted by Crippen LogP contribution is 2.27. The molecule has 1 heterocycles. The molecule has 0 aliphatic heterocycles. The van der Waals surface area contributed by atoms with Gasteiger partial charge in [-0.25, -0.2) is 10.4 Å². The lowest BCUT2D eigenvalue weighted by atomic mass is 10.2. The van der Waals surface area contributed by atoms with Gasteiger partial charge < -0.3 is 4.57 Å². The number of hydrazone groups is 1. The van der Waals surface area contributed by atoms with Crippen molar-refractivity contribution in [2.45, 2.75) is 11.7 Å². The van der Waals surface area contributed by atoms with Crippen molar-refractivity contribution in [2.24, 2.45) is 5.10 Å². The van der Waals surface area contributed by atoms with E-state index in [1.54, 1.807) is 12.1 Å². The molecule has 1 aromatic heterocycles. The van der Waals surface area contributed by atoms with Crippen molar-refractivity contribution in [3.05, 3.63) is 99.1 Å². The van der Waals surface area contributed by atoms with Crippen LogP contribution < -0.4 is 5.43 Å². The second kappa shape index (κ2) is 10.3. The lowest BCUT2D eigenvalue weighted by Crippen LogP contribution is -2.20. The van der Waals surface area contributed by atoms with Gasteiger partial charge in [0.25, 0.3) is 11.6 Å². The highest BCUT2D eigenvalue weighted by atomic mass is 35.5. The molecule has 0 unspecified atom stereocenters. The molecule has 0 saturated heterocycles. The van der Waals surface area contributed by atoms with Crippen LogP contribution in [-0.2, 0) is 11.3 Å². The van der Waals surface area contributed by atoms with E-state index in [0.717, 1.165) is 16.6 Å². The fraction of sp³-hybridized carbons (Fsp3) is 0.0870. The average molecular weight is 480 g/mol. The third-order valence-electron chi connectivity index (χ3n) is 4.72. The molecule has 0 spiro atoms. The van der Waals surface area contributed by atoms with Gasteiger partial charge in [-0.15, -0.1) is 0 Å². The Labute approximate surface area is 198 Å². The molecule has 166 valence electrons. The van der Waals surface area contributed by atoms with Gasteiger partial charge in [0, 0.05) is 22.7 Å². The zero-order chi connectivity index (χ0) is 23.2. The van der Waals surface area contributed by atoms with Gasteiger partial charge in [-0.2, -0.15) is 5.10 Å². The summed E-state index contributed by atoms with van der Waals surface area (Å²) in [7, 11) is 0. The lowest BCUT2D eigenvalue weighted by molar-refractivity contribution is -0.384. The summed E-state index contributed by atoms with van der Waals surface area (Å²) in [6.07, 6.45) is 1.36. The Morgan fingerprint density at radius 2 is 1.94 bits per heavy atom.